The van der Waals surface area contributed by atoms with E-state index in [2.05, 4.69) is 0 Å². The molecule has 0 fully saturated rings. The lowest BCUT2D eigenvalue weighted by Gasteiger charge is -2.25. The Labute approximate surface area is 154 Å². The Morgan fingerprint density at radius 3 is 2.42 bits per heavy atom. The quantitative estimate of drug-likeness (QED) is 0.500. The number of hydrogen-bond acceptors (Lipinski definition) is 5. The molecular weight excluding hydrogens is 336 g/mol. The predicted octanol–water partition coefficient (Wildman–Crippen LogP) is 3.93. The average Bonchev–Trinajstić information content (AvgIpc) is 2.56. The van der Waals surface area contributed by atoms with Crippen LogP contribution in [0.5, 0.6) is 0 Å². The molecule has 6 nitrogen and oxygen atoms in total. The number of hydrogen-bond donors (Lipinski definition) is 1. The molecule has 26 heavy (non-hydrogen) atoms. The number of aldehydes is 1. The highest BCUT2D eigenvalue weighted by molar-refractivity contribution is 5.91. The number of rotatable bonds is 10. The zero-order chi connectivity index (χ0) is 19.7. The number of carboxylic acids is 1. The summed E-state index contributed by atoms with van der Waals surface area (Å²) in [5, 5.41) is 9.28. The number of carbonyl (C=O) groups excluding carboxylic acids is 2. The van der Waals surface area contributed by atoms with Crippen molar-refractivity contribution in [1.29, 1.82) is 0 Å². The van der Waals surface area contributed by atoms with Gasteiger partial charge in [-0.05, 0) is 38.8 Å². The van der Waals surface area contributed by atoms with Crippen molar-refractivity contribution < 1.29 is 29.0 Å². The van der Waals surface area contributed by atoms with Crippen LogP contribution < -0.4 is 0 Å². The Kier molecular flexibility index (Phi) is 8.45. The van der Waals surface area contributed by atoms with Crippen LogP contribution in [0.15, 0.2) is 24.3 Å². The molecule has 0 aliphatic rings. The van der Waals surface area contributed by atoms with E-state index >= 15 is 0 Å². The molecular formula is C20H28O6. The van der Waals surface area contributed by atoms with Gasteiger partial charge in [0.1, 0.15) is 11.9 Å². The maximum atomic E-state index is 12.6. The summed E-state index contributed by atoms with van der Waals surface area (Å²) in [6.45, 7) is 7.35. The van der Waals surface area contributed by atoms with E-state index in [9.17, 15) is 19.5 Å². The van der Waals surface area contributed by atoms with Gasteiger partial charge < -0.3 is 19.4 Å². The van der Waals surface area contributed by atoms with E-state index in [1.165, 1.54) is 0 Å². The van der Waals surface area contributed by atoms with Crippen LogP contribution in [-0.2, 0) is 19.1 Å². The standard InChI is InChI=1S/C20H28O6/c1-5-6-11-16(25-17(12-13-21)18(22)23)14-9-7-8-10-15(14)19(24)26-20(2,3)4/h7-10,13,16-17H,5-6,11-12H2,1-4H3,(H,22,23). The SMILES string of the molecule is CCCCC(OC(CC=O)C(=O)O)c1ccccc1C(=O)OC(C)(C)C. The minimum Gasteiger partial charge on any atom is -0.479 e. The van der Waals surface area contributed by atoms with Crippen molar-refractivity contribution in [3.05, 3.63) is 35.4 Å². The smallest absolute Gasteiger partial charge is 0.339 e. The van der Waals surface area contributed by atoms with Crippen molar-refractivity contribution in [1.82, 2.24) is 0 Å². The highest BCUT2D eigenvalue weighted by Crippen LogP contribution is 2.30. The number of benzene rings is 1. The van der Waals surface area contributed by atoms with E-state index in [1.807, 2.05) is 6.92 Å². The molecule has 0 saturated carbocycles. The molecule has 1 aromatic carbocycles. The first-order valence-electron chi connectivity index (χ1n) is 8.83. The molecule has 0 amide bonds. The van der Waals surface area contributed by atoms with Crippen LogP contribution in [0.3, 0.4) is 0 Å². The van der Waals surface area contributed by atoms with E-state index in [0.29, 0.717) is 23.8 Å². The Hall–Kier alpha value is -2.21. The molecule has 6 heteroatoms. The molecule has 2 atom stereocenters. The largest absolute Gasteiger partial charge is 0.479 e. The molecule has 144 valence electrons. The molecule has 0 aromatic heterocycles. The van der Waals surface area contributed by atoms with Gasteiger partial charge in [0.15, 0.2) is 6.10 Å². The van der Waals surface area contributed by atoms with Gasteiger partial charge >= 0.3 is 11.9 Å². The van der Waals surface area contributed by atoms with Crippen LogP contribution >= 0.6 is 0 Å². The molecule has 1 rings (SSSR count). The number of esters is 1. The molecule has 0 aliphatic carbocycles. The Morgan fingerprint density at radius 2 is 1.88 bits per heavy atom. The summed E-state index contributed by atoms with van der Waals surface area (Å²) in [7, 11) is 0. The Balaban J connectivity index is 3.19. The topological polar surface area (TPSA) is 89.9 Å². The lowest BCUT2D eigenvalue weighted by Crippen LogP contribution is -2.28. The third-order valence-electron chi connectivity index (χ3n) is 3.66. The summed E-state index contributed by atoms with van der Waals surface area (Å²) >= 11 is 0. The van der Waals surface area contributed by atoms with Gasteiger partial charge in [-0.15, -0.1) is 0 Å². The van der Waals surface area contributed by atoms with Gasteiger partial charge in [0, 0.05) is 6.42 Å². The highest BCUT2D eigenvalue weighted by Gasteiger charge is 2.28. The average molecular weight is 364 g/mol. The van der Waals surface area contributed by atoms with Crippen molar-refractivity contribution in [2.75, 3.05) is 0 Å². The first-order valence-corrected chi connectivity index (χ1v) is 8.83. The first-order chi connectivity index (χ1) is 12.2. The molecule has 0 bridgehead atoms. The minimum atomic E-state index is -1.25. The second-order valence-electron chi connectivity index (χ2n) is 7.09. The summed E-state index contributed by atoms with van der Waals surface area (Å²) in [5.41, 5.74) is 0.275. The fourth-order valence-corrected chi connectivity index (χ4v) is 2.48. The zero-order valence-corrected chi connectivity index (χ0v) is 15.9. The predicted molar refractivity (Wildman–Crippen MR) is 97.1 cm³/mol. The van der Waals surface area contributed by atoms with Crippen LogP contribution in [-0.4, -0.2) is 35.0 Å². The van der Waals surface area contributed by atoms with Crippen molar-refractivity contribution in [3.8, 4) is 0 Å². The third kappa shape index (κ3) is 6.96. The van der Waals surface area contributed by atoms with Gasteiger partial charge in [-0.2, -0.15) is 0 Å². The normalized spacial score (nSPS) is 13.7. The van der Waals surface area contributed by atoms with Crippen molar-refractivity contribution >= 4 is 18.2 Å². The molecule has 1 aromatic rings. The number of ether oxygens (including phenoxy) is 2. The van der Waals surface area contributed by atoms with Crippen LogP contribution in [0.25, 0.3) is 0 Å². The Morgan fingerprint density at radius 1 is 1.23 bits per heavy atom. The second-order valence-corrected chi connectivity index (χ2v) is 7.09. The summed E-state index contributed by atoms with van der Waals surface area (Å²) in [6, 6.07) is 6.86. The van der Waals surface area contributed by atoms with Crippen LogP contribution in [0.1, 0.15) is 75.4 Å². The van der Waals surface area contributed by atoms with Crippen LogP contribution in [0.2, 0.25) is 0 Å². The monoisotopic (exact) mass is 364 g/mol. The molecule has 0 saturated heterocycles. The molecule has 0 heterocycles. The number of carboxylic acid groups (broad SMARTS) is 1. The summed E-state index contributed by atoms with van der Waals surface area (Å²) in [6.07, 6.45) is 0.641. The molecule has 0 radical (unpaired) electrons. The first kappa shape index (κ1) is 21.8. The maximum absolute atomic E-state index is 12.6. The fraction of sp³-hybridized carbons (Fsp3) is 0.550. The highest BCUT2D eigenvalue weighted by atomic mass is 16.6. The van der Waals surface area contributed by atoms with Gasteiger partial charge in [-0.3, -0.25) is 0 Å². The van der Waals surface area contributed by atoms with Gasteiger partial charge in [-0.25, -0.2) is 9.59 Å². The van der Waals surface area contributed by atoms with Crippen molar-refractivity contribution in [2.24, 2.45) is 0 Å². The fourth-order valence-electron chi connectivity index (χ4n) is 2.48. The van der Waals surface area contributed by atoms with E-state index in [1.54, 1.807) is 45.0 Å². The van der Waals surface area contributed by atoms with Gasteiger partial charge in [0.05, 0.1) is 11.7 Å². The van der Waals surface area contributed by atoms with Gasteiger partial charge in [-0.1, -0.05) is 38.0 Å². The molecule has 1 N–H and O–H groups in total. The van der Waals surface area contributed by atoms with Crippen LogP contribution in [0.4, 0.5) is 0 Å². The summed E-state index contributed by atoms with van der Waals surface area (Å²) in [4.78, 5) is 34.7. The summed E-state index contributed by atoms with van der Waals surface area (Å²) in [5.74, 6) is -1.69. The molecule has 2 unspecified atom stereocenters. The van der Waals surface area contributed by atoms with Crippen molar-refractivity contribution in [2.45, 2.75) is 71.2 Å². The zero-order valence-electron chi connectivity index (χ0n) is 15.9. The van der Waals surface area contributed by atoms with Crippen molar-refractivity contribution in [3.63, 3.8) is 0 Å². The maximum Gasteiger partial charge on any atom is 0.339 e. The number of carbonyl (C=O) groups is 3. The van der Waals surface area contributed by atoms with Gasteiger partial charge in [0.25, 0.3) is 0 Å². The van der Waals surface area contributed by atoms with E-state index in [4.69, 9.17) is 9.47 Å². The number of unbranched alkanes of at least 4 members (excludes halogenated alkanes) is 1. The van der Waals surface area contributed by atoms with Crippen LogP contribution in [0, 0.1) is 0 Å². The van der Waals surface area contributed by atoms with E-state index < -0.39 is 29.7 Å². The summed E-state index contributed by atoms with van der Waals surface area (Å²) < 4.78 is 11.2. The van der Waals surface area contributed by atoms with Gasteiger partial charge in [0.2, 0.25) is 0 Å². The lowest BCUT2D eigenvalue weighted by molar-refractivity contribution is -0.156. The third-order valence-corrected chi connectivity index (χ3v) is 3.66. The molecule has 0 spiro atoms. The minimum absolute atomic E-state index is 0.243. The Bertz CT molecular complexity index is 617. The molecule has 0 aliphatic heterocycles. The lowest BCUT2D eigenvalue weighted by atomic mass is 9.97. The van der Waals surface area contributed by atoms with E-state index in [-0.39, 0.29) is 6.42 Å². The second kappa shape index (κ2) is 10.1. The van der Waals surface area contributed by atoms with E-state index in [0.717, 1.165) is 12.8 Å². The number of aliphatic carboxylic acids is 1.